The van der Waals surface area contributed by atoms with Gasteiger partial charge in [0, 0.05) is 47.9 Å². The molecule has 3 rings (SSSR count). The highest BCUT2D eigenvalue weighted by atomic mass is 32.1. The molecule has 8 heteroatoms. The normalized spacial score (nSPS) is 11.0. The molecule has 2 N–H and O–H groups in total. The third kappa shape index (κ3) is 4.48. The SMILES string of the molecule is CCNC(=S)N/N=C\c1cn(Cc2cccc([N+](=O)[O-])c2)c2ccccc12. The number of nitro benzene ring substituents is 1. The monoisotopic (exact) mass is 381 g/mol. The van der Waals surface area contributed by atoms with Gasteiger partial charge in [-0.05, 0) is 30.8 Å². The van der Waals surface area contributed by atoms with E-state index in [9.17, 15) is 10.1 Å². The zero-order valence-electron chi connectivity index (χ0n) is 14.8. The molecular formula is C19H19N5O2S. The number of para-hydroxylation sites is 1. The molecule has 7 nitrogen and oxygen atoms in total. The van der Waals surface area contributed by atoms with Crippen LogP contribution in [0.2, 0.25) is 0 Å². The van der Waals surface area contributed by atoms with Gasteiger partial charge in [0.15, 0.2) is 5.11 Å². The smallest absolute Gasteiger partial charge is 0.269 e. The molecule has 0 atom stereocenters. The van der Waals surface area contributed by atoms with Crippen molar-refractivity contribution in [3.05, 3.63) is 76.0 Å². The Kier molecular flexibility index (Phi) is 5.77. The molecular weight excluding hydrogens is 362 g/mol. The highest BCUT2D eigenvalue weighted by Crippen LogP contribution is 2.22. The predicted molar refractivity (Wildman–Crippen MR) is 111 cm³/mol. The van der Waals surface area contributed by atoms with Crippen molar-refractivity contribution in [3.63, 3.8) is 0 Å². The molecule has 0 saturated carbocycles. The molecule has 138 valence electrons. The van der Waals surface area contributed by atoms with Crippen molar-refractivity contribution in [2.45, 2.75) is 13.5 Å². The lowest BCUT2D eigenvalue weighted by Gasteiger charge is -2.05. The van der Waals surface area contributed by atoms with Crippen LogP contribution in [0.15, 0.2) is 59.8 Å². The van der Waals surface area contributed by atoms with E-state index in [0.717, 1.165) is 28.6 Å². The Morgan fingerprint density at radius 1 is 1.30 bits per heavy atom. The number of nitro groups is 1. The van der Waals surface area contributed by atoms with Crippen molar-refractivity contribution in [2.24, 2.45) is 5.10 Å². The van der Waals surface area contributed by atoms with Crippen LogP contribution in [-0.2, 0) is 6.54 Å². The molecule has 27 heavy (non-hydrogen) atoms. The first-order chi connectivity index (χ1) is 13.1. The van der Waals surface area contributed by atoms with Crippen LogP contribution in [0.25, 0.3) is 10.9 Å². The second kappa shape index (κ2) is 8.41. The summed E-state index contributed by atoms with van der Waals surface area (Å²) in [6.07, 6.45) is 3.70. The fraction of sp³-hybridized carbons (Fsp3) is 0.158. The Morgan fingerprint density at radius 2 is 2.11 bits per heavy atom. The molecule has 0 bridgehead atoms. The summed E-state index contributed by atoms with van der Waals surface area (Å²) in [5.41, 5.74) is 5.69. The van der Waals surface area contributed by atoms with Gasteiger partial charge in [-0.25, -0.2) is 0 Å². The van der Waals surface area contributed by atoms with Gasteiger partial charge in [0.1, 0.15) is 0 Å². The quantitative estimate of drug-likeness (QED) is 0.296. The van der Waals surface area contributed by atoms with Gasteiger partial charge in [0.25, 0.3) is 5.69 Å². The highest BCUT2D eigenvalue weighted by Gasteiger charge is 2.10. The van der Waals surface area contributed by atoms with E-state index in [0.29, 0.717) is 11.7 Å². The Balaban J connectivity index is 1.88. The maximum absolute atomic E-state index is 11.0. The number of hydrogen-bond donors (Lipinski definition) is 2. The molecule has 3 aromatic rings. The Morgan fingerprint density at radius 3 is 2.89 bits per heavy atom. The van der Waals surface area contributed by atoms with Gasteiger partial charge in [0.2, 0.25) is 0 Å². The fourth-order valence-corrected chi connectivity index (χ4v) is 3.03. The van der Waals surface area contributed by atoms with Gasteiger partial charge < -0.3 is 9.88 Å². The molecule has 0 amide bonds. The summed E-state index contributed by atoms with van der Waals surface area (Å²) >= 11 is 5.09. The molecule has 0 fully saturated rings. The predicted octanol–water partition coefficient (Wildman–Crippen LogP) is 3.42. The maximum atomic E-state index is 11.0. The number of rotatable bonds is 6. The molecule has 0 aliphatic carbocycles. The number of fused-ring (bicyclic) bond motifs is 1. The van der Waals surface area contributed by atoms with E-state index < -0.39 is 0 Å². The van der Waals surface area contributed by atoms with Crippen LogP contribution >= 0.6 is 12.2 Å². The molecule has 0 spiro atoms. The van der Waals surface area contributed by atoms with Gasteiger partial charge in [-0.2, -0.15) is 5.10 Å². The van der Waals surface area contributed by atoms with Crippen molar-refractivity contribution in [1.29, 1.82) is 0 Å². The van der Waals surface area contributed by atoms with Crippen molar-refractivity contribution < 1.29 is 4.92 Å². The number of benzene rings is 2. The number of aromatic nitrogens is 1. The lowest BCUT2D eigenvalue weighted by Crippen LogP contribution is -2.31. The Labute approximate surface area is 161 Å². The molecule has 1 aromatic heterocycles. The third-order valence-corrected chi connectivity index (χ3v) is 4.24. The standard InChI is InChI=1S/C19H19N5O2S/c1-2-20-19(27)22-21-11-15-13-23(18-9-4-3-8-17(15)18)12-14-6-5-7-16(10-14)24(25)26/h3-11,13H,2,12H2,1H3,(H2,20,22,27)/b21-11-. The van der Waals surface area contributed by atoms with Crippen LogP contribution in [0, 0.1) is 10.1 Å². The van der Waals surface area contributed by atoms with E-state index >= 15 is 0 Å². The summed E-state index contributed by atoms with van der Waals surface area (Å²) in [6, 6.07) is 14.6. The minimum Gasteiger partial charge on any atom is -0.362 e. The van der Waals surface area contributed by atoms with E-state index in [4.69, 9.17) is 12.2 Å². The average molecular weight is 381 g/mol. The van der Waals surface area contributed by atoms with Crippen LogP contribution in [0.1, 0.15) is 18.1 Å². The highest BCUT2D eigenvalue weighted by molar-refractivity contribution is 7.80. The van der Waals surface area contributed by atoms with Crippen molar-refractivity contribution in [3.8, 4) is 0 Å². The zero-order chi connectivity index (χ0) is 19.2. The summed E-state index contributed by atoms with van der Waals surface area (Å²) in [7, 11) is 0. The van der Waals surface area contributed by atoms with Gasteiger partial charge in [-0.3, -0.25) is 15.5 Å². The Bertz CT molecular complexity index is 1010. The largest absolute Gasteiger partial charge is 0.362 e. The van der Waals surface area contributed by atoms with E-state index in [-0.39, 0.29) is 10.6 Å². The lowest BCUT2D eigenvalue weighted by molar-refractivity contribution is -0.384. The van der Waals surface area contributed by atoms with Crippen LogP contribution in [0.3, 0.4) is 0 Å². The van der Waals surface area contributed by atoms with Gasteiger partial charge in [-0.15, -0.1) is 0 Å². The molecule has 1 heterocycles. The van der Waals surface area contributed by atoms with Crippen LogP contribution in [-0.4, -0.2) is 27.4 Å². The topological polar surface area (TPSA) is 84.5 Å². The fourth-order valence-electron chi connectivity index (χ4n) is 2.83. The van der Waals surface area contributed by atoms with Crippen molar-refractivity contribution in [2.75, 3.05) is 6.54 Å². The summed E-state index contributed by atoms with van der Waals surface area (Å²) in [5.74, 6) is 0. The average Bonchev–Trinajstić information content (AvgIpc) is 3.00. The first-order valence-corrected chi connectivity index (χ1v) is 8.87. The second-order valence-corrected chi connectivity index (χ2v) is 6.29. The van der Waals surface area contributed by atoms with Crippen LogP contribution in [0.5, 0.6) is 0 Å². The number of nitrogens with one attached hydrogen (secondary N) is 2. The minimum atomic E-state index is -0.381. The lowest BCUT2D eigenvalue weighted by atomic mass is 10.2. The molecule has 0 radical (unpaired) electrons. The van der Waals surface area contributed by atoms with E-state index in [1.807, 2.05) is 43.5 Å². The Hall–Kier alpha value is -3.26. The first-order valence-electron chi connectivity index (χ1n) is 8.46. The van der Waals surface area contributed by atoms with Crippen molar-refractivity contribution in [1.82, 2.24) is 15.3 Å². The second-order valence-electron chi connectivity index (χ2n) is 5.89. The first kappa shape index (κ1) is 18.5. The summed E-state index contributed by atoms with van der Waals surface area (Å²) in [5, 5.41) is 19.7. The molecule has 0 unspecified atom stereocenters. The molecule has 2 aromatic carbocycles. The minimum absolute atomic E-state index is 0.0897. The number of thiocarbonyl (C=S) groups is 1. The third-order valence-electron chi connectivity index (χ3n) is 4.00. The maximum Gasteiger partial charge on any atom is 0.269 e. The number of nitrogens with zero attached hydrogens (tertiary/aromatic N) is 3. The summed E-state index contributed by atoms with van der Waals surface area (Å²) in [4.78, 5) is 10.6. The molecule has 0 aliphatic rings. The number of non-ortho nitro benzene ring substituents is 1. The van der Waals surface area contributed by atoms with Gasteiger partial charge in [0.05, 0.1) is 11.1 Å². The summed E-state index contributed by atoms with van der Waals surface area (Å²) < 4.78 is 2.05. The zero-order valence-corrected chi connectivity index (χ0v) is 15.6. The molecule has 0 aliphatic heterocycles. The van der Waals surface area contributed by atoms with Crippen LogP contribution < -0.4 is 10.7 Å². The van der Waals surface area contributed by atoms with E-state index in [2.05, 4.69) is 20.4 Å². The molecule has 0 saturated heterocycles. The van der Waals surface area contributed by atoms with E-state index in [1.54, 1.807) is 18.3 Å². The number of hydrogen-bond acceptors (Lipinski definition) is 4. The number of hydrazone groups is 1. The van der Waals surface area contributed by atoms with Crippen LogP contribution in [0.4, 0.5) is 5.69 Å². The van der Waals surface area contributed by atoms with E-state index in [1.165, 1.54) is 6.07 Å². The summed E-state index contributed by atoms with van der Waals surface area (Å²) in [6.45, 7) is 3.21. The van der Waals surface area contributed by atoms with Gasteiger partial charge >= 0.3 is 0 Å². The van der Waals surface area contributed by atoms with Crippen molar-refractivity contribution >= 4 is 40.1 Å². The van der Waals surface area contributed by atoms with Gasteiger partial charge in [-0.1, -0.05) is 30.3 Å².